The molecule has 0 N–H and O–H groups in total. The number of nitrogens with zero attached hydrogens (tertiary/aromatic N) is 2. The van der Waals surface area contributed by atoms with Crippen LogP contribution in [0.2, 0.25) is 0 Å². The Morgan fingerprint density at radius 1 is 0.857 bits per heavy atom. The minimum absolute atomic E-state index is 0.0892. The molecule has 3 aromatic rings. The first-order valence-electron chi connectivity index (χ1n) is 9.23. The van der Waals surface area contributed by atoms with Gasteiger partial charge in [0.05, 0.1) is 12.5 Å². The molecule has 0 saturated heterocycles. The molecule has 0 aliphatic carbocycles. The van der Waals surface area contributed by atoms with E-state index in [1.54, 1.807) is 29.2 Å². The van der Waals surface area contributed by atoms with E-state index in [4.69, 9.17) is 10.00 Å². The Kier molecular flexibility index (Phi) is 6.81. The quantitative estimate of drug-likeness (QED) is 0.571. The van der Waals surface area contributed by atoms with Crippen molar-refractivity contribution in [3.8, 4) is 11.8 Å². The lowest BCUT2D eigenvalue weighted by atomic mass is 10.1. The van der Waals surface area contributed by atoms with Crippen LogP contribution in [0.5, 0.6) is 5.75 Å². The topological polar surface area (TPSA) is 53.3 Å². The largest absolute Gasteiger partial charge is 0.489 e. The van der Waals surface area contributed by atoms with Crippen molar-refractivity contribution in [2.24, 2.45) is 0 Å². The van der Waals surface area contributed by atoms with Crippen molar-refractivity contribution in [2.75, 3.05) is 6.54 Å². The van der Waals surface area contributed by atoms with Gasteiger partial charge in [-0.2, -0.15) is 5.26 Å². The zero-order valence-corrected chi connectivity index (χ0v) is 15.6. The van der Waals surface area contributed by atoms with Crippen LogP contribution in [0.15, 0.2) is 84.9 Å². The Labute approximate surface area is 165 Å². The number of amides is 1. The number of hydrogen-bond donors (Lipinski definition) is 0. The van der Waals surface area contributed by atoms with E-state index in [0.29, 0.717) is 37.4 Å². The lowest BCUT2D eigenvalue weighted by Gasteiger charge is -2.22. The van der Waals surface area contributed by atoms with E-state index in [9.17, 15) is 4.79 Å². The van der Waals surface area contributed by atoms with Gasteiger partial charge in [0.15, 0.2) is 0 Å². The lowest BCUT2D eigenvalue weighted by Crippen LogP contribution is -2.31. The molecule has 3 aromatic carbocycles. The van der Waals surface area contributed by atoms with Crippen LogP contribution in [-0.2, 0) is 13.2 Å². The first-order valence-corrected chi connectivity index (χ1v) is 9.23. The fourth-order valence-corrected chi connectivity index (χ4v) is 2.86. The zero-order chi connectivity index (χ0) is 19.6. The molecule has 4 heteroatoms. The number of benzene rings is 3. The predicted octanol–water partition coefficient (Wildman–Crippen LogP) is 4.82. The molecule has 0 radical (unpaired) electrons. The zero-order valence-electron chi connectivity index (χ0n) is 15.6. The summed E-state index contributed by atoms with van der Waals surface area (Å²) in [5, 5.41) is 8.92. The Balaban J connectivity index is 1.65. The van der Waals surface area contributed by atoms with Gasteiger partial charge >= 0.3 is 0 Å². The van der Waals surface area contributed by atoms with Crippen LogP contribution in [0.4, 0.5) is 0 Å². The third kappa shape index (κ3) is 5.46. The number of carbonyl (C=O) groups excluding carboxylic acids is 1. The molecule has 0 heterocycles. The molecule has 0 bridgehead atoms. The molecule has 28 heavy (non-hydrogen) atoms. The van der Waals surface area contributed by atoms with Gasteiger partial charge < -0.3 is 9.64 Å². The third-order valence-corrected chi connectivity index (χ3v) is 4.35. The van der Waals surface area contributed by atoms with Crippen LogP contribution in [-0.4, -0.2) is 17.4 Å². The highest BCUT2D eigenvalue weighted by atomic mass is 16.5. The molecule has 0 aromatic heterocycles. The van der Waals surface area contributed by atoms with E-state index in [0.717, 1.165) is 11.1 Å². The molecular weight excluding hydrogens is 348 g/mol. The summed E-state index contributed by atoms with van der Waals surface area (Å²) < 4.78 is 5.78. The van der Waals surface area contributed by atoms with Gasteiger partial charge in [0.1, 0.15) is 12.4 Å². The fourth-order valence-electron chi connectivity index (χ4n) is 2.86. The Morgan fingerprint density at radius 3 is 2.07 bits per heavy atom. The molecule has 0 spiro atoms. The van der Waals surface area contributed by atoms with E-state index in [1.807, 2.05) is 60.7 Å². The molecule has 0 fully saturated rings. The van der Waals surface area contributed by atoms with Gasteiger partial charge in [0.25, 0.3) is 5.91 Å². The third-order valence-electron chi connectivity index (χ3n) is 4.35. The minimum atomic E-state index is -0.0892. The van der Waals surface area contributed by atoms with E-state index >= 15 is 0 Å². The van der Waals surface area contributed by atoms with Gasteiger partial charge in [0.2, 0.25) is 0 Å². The van der Waals surface area contributed by atoms with Crippen molar-refractivity contribution in [1.82, 2.24) is 4.90 Å². The summed E-state index contributed by atoms with van der Waals surface area (Å²) >= 11 is 0. The van der Waals surface area contributed by atoms with Crippen molar-refractivity contribution in [1.29, 1.82) is 5.26 Å². The van der Waals surface area contributed by atoms with E-state index in [-0.39, 0.29) is 5.91 Å². The van der Waals surface area contributed by atoms with E-state index in [2.05, 4.69) is 6.07 Å². The second-order valence-electron chi connectivity index (χ2n) is 6.42. The van der Waals surface area contributed by atoms with Gasteiger partial charge in [-0.1, -0.05) is 60.7 Å². The number of carbonyl (C=O) groups is 1. The maximum atomic E-state index is 12.9. The molecule has 4 nitrogen and oxygen atoms in total. The van der Waals surface area contributed by atoms with Crippen LogP contribution in [0.1, 0.15) is 27.9 Å². The molecule has 1 amide bonds. The van der Waals surface area contributed by atoms with Crippen molar-refractivity contribution in [3.63, 3.8) is 0 Å². The van der Waals surface area contributed by atoms with E-state index in [1.165, 1.54) is 0 Å². The summed E-state index contributed by atoms with van der Waals surface area (Å²) in [7, 11) is 0. The molecule has 0 atom stereocenters. The van der Waals surface area contributed by atoms with Crippen LogP contribution < -0.4 is 4.74 Å². The molecule has 0 saturated carbocycles. The highest BCUT2D eigenvalue weighted by Crippen LogP contribution is 2.17. The molecule has 0 aliphatic rings. The number of rotatable bonds is 8. The lowest BCUT2D eigenvalue weighted by molar-refractivity contribution is 0.0747. The van der Waals surface area contributed by atoms with Gasteiger partial charge in [-0.15, -0.1) is 0 Å². The number of ether oxygens (including phenoxy) is 1. The second kappa shape index (κ2) is 9.94. The highest BCUT2D eigenvalue weighted by Gasteiger charge is 2.16. The van der Waals surface area contributed by atoms with Crippen LogP contribution >= 0.6 is 0 Å². The molecule has 3 rings (SSSR count). The molecule has 140 valence electrons. The fraction of sp³-hybridized carbons (Fsp3) is 0.167. The summed E-state index contributed by atoms with van der Waals surface area (Å²) in [5.74, 6) is 0.626. The van der Waals surface area contributed by atoms with Crippen LogP contribution in [0.25, 0.3) is 0 Å². The van der Waals surface area contributed by atoms with Gasteiger partial charge in [-0.3, -0.25) is 4.79 Å². The standard InChI is InChI=1S/C24H22N2O2/c25-16-7-17-26(18-20-8-3-1-4-9-20)24(27)22-12-14-23(15-13-22)28-19-21-10-5-2-6-11-21/h1-6,8-15H,7,17-19H2. The predicted molar refractivity (Wildman–Crippen MR) is 109 cm³/mol. The first kappa shape index (κ1) is 19.2. The Bertz CT molecular complexity index is 916. The maximum Gasteiger partial charge on any atom is 0.254 e. The second-order valence-corrected chi connectivity index (χ2v) is 6.42. The Morgan fingerprint density at radius 2 is 1.46 bits per heavy atom. The summed E-state index contributed by atoms with van der Waals surface area (Å²) in [5.41, 5.74) is 2.71. The first-order chi connectivity index (χ1) is 13.8. The van der Waals surface area contributed by atoms with Crippen molar-refractivity contribution in [2.45, 2.75) is 19.6 Å². The van der Waals surface area contributed by atoms with Crippen molar-refractivity contribution in [3.05, 3.63) is 102 Å². The number of hydrogen-bond acceptors (Lipinski definition) is 3. The molecular formula is C24H22N2O2. The molecule has 0 aliphatic heterocycles. The van der Waals surface area contributed by atoms with Crippen molar-refractivity contribution < 1.29 is 9.53 Å². The van der Waals surface area contributed by atoms with Crippen LogP contribution in [0, 0.1) is 11.3 Å². The number of nitriles is 1. The maximum absolute atomic E-state index is 12.9. The average Bonchev–Trinajstić information content (AvgIpc) is 2.76. The normalized spacial score (nSPS) is 10.1. The minimum Gasteiger partial charge on any atom is -0.489 e. The molecule has 0 unspecified atom stereocenters. The highest BCUT2D eigenvalue weighted by molar-refractivity contribution is 5.94. The van der Waals surface area contributed by atoms with Gasteiger partial charge in [-0.05, 0) is 35.4 Å². The average molecular weight is 370 g/mol. The Hall–Kier alpha value is -3.58. The summed E-state index contributed by atoms with van der Waals surface area (Å²) in [6, 6.07) is 29.0. The smallest absolute Gasteiger partial charge is 0.254 e. The SMILES string of the molecule is N#CCCN(Cc1ccccc1)C(=O)c1ccc(OCc2ccccc2)cc1. The van der Waals surface area contributed by atoms with Crippen molar-refractivity contribution >= 4 is 5.91 Å². The monoisotopic (exact) mass is 370 g/mol. The van der Waals surface area contributed by atoms with Gasteiger partial charge in [-0.25, -0.2) is 0 Å². The summed E-state index contributed by atoms with van der Waals surface area (Å²) in [6.07, 6.45) is 0.302. The summed E-state index contributed by atoms with van der Waals surface area (Å²) in [6.45, 7) is 1.36. The van der Waals surface area contributed by atoms with Crippen LogP contribution in [0.3, 0.4) is 0 Å². The van der Waals surface area contributed by atoms with E-state index < -0.39 is 0 Å². The summed E-state index contributed by atoms with van der Waals surface area (Å²) in [4.78, 5) is 14.6. The van der Waals surface area contributed by atoms with Gasteiger partial charge in [0, 0.05) is 18.7 Å².